The van der Waals surface area contributed by atoms with E-state index in [2.05, 4.69) is 31.6 Å². The standard InChI is InChI=1S/C13H14BrN3O2/c1-7(2)10-12(19)17-13(15-10)16-11(18)8-3-5-9(14)6-4-8/h3-7,10H,1-2H3,(H2,15,16,17,18,19)/t10-/m0/s1. The van der Waals surface area contributed by atoms with E-state index in [9.17, 15) is 9.59 Å². The number of nitrogens with zero attached hydrogens (tertiary/aromatic N) is 1. The van der Waals surface area contributed by atoms with E-state index in [0.29, 0.717) is 5.56 Å². The van der Waals surface area contributed by atoms with E-state index in [-0.39, 0.29) is 23.7 Å². The zero-order valence-electron chi connectivity index (χ0n) is 10.6. The SMILES string of the molecule is CC(C)[C@@H]1N=C(NC(=O)c2ccc(Br)cc2)NC1=O. The van der Waals surface area contributed by atoms with Gasteiger partial charge in [0.25, 0.3) is 11.8 Å². The lowest BCUT2D eigenvalue weighted by atomic mass is 10.1. The van der Waals surface area contributed by atoms with Gasteiger partial charge in [0.05, 0.1) is 0 Å². The van der Waals surface area contributed by atoms with Gasteiger partial charge in [-0.15, -0.1) is 0 Å². The van der Waals surface area contributed by atoms with Gasteiger partial charge in [-0.1, -0.05) is 29.8 Å². The zero-order valence-corrected chi connectivity index (χ0v) is 12.2. The Morgan fingerprint density at radius 2 is 2.00 bits per heavy atom. The highest BCUT2D eigenvalue weighted by Crippen LogP contribution is 2.12. The van der Waals surface area contributed by atoms with Gasteiger partial charge in [-0.2, -0.15) is 0 Å². The van der Waals surface area contributed by atoms with Crippen LogP contribution in [0, 0.1) is 5.92 Å². The molecule has 2 amide bonds. The molecule has 0 saturated heterocycles. The molecular formula is C13H14BrN3O2. The Labute approximate surface area is 119 Å². The number of amides is 2. The summed E-state index contributed by atoms with van der Waals surface area (Å²) >= 11 is 3.30. The van der Waals surface area contributed by atoms with Gasteiger partial charge in [0, 0.05) is 10.0 Å². The van der Waals surface area contributed by atoms with Crippen molar-refractivity contribution in [2.45, 2.75) is 19.9 Å². The molecule has 0 saturated carbocycles. The average molecular weight is 324 g/mol. The molecule has 1 aliphatic heterocycles. The Balaban J connectivity index is 2.06. The quantitative estimate of drug-likeness (QED) is 0.869. The highest BCUT2D eigenvalue weighted by Gasteiger charge is 2.29. The van der Waals surface area contributed by atoms with Crippen LogP contribution in [0.5, 0.6) is 0 Å². The van der Waals surface area contributed by atoms with Crippen LogP contribution < -0.4 is 10.6 Å². The van der Waals surface area contributed by atoms with Crippen molar-refractivity contribution in [1.29, 1.82) is 0 Å². The molecule has 100 valence electrons. The summed E-state index contributed by atoms with van der Waals surface area (Å²) < 4.78 is 0.899. The topological polar surface area (TPSA) is 70.6 Å². The van der Waals surface area contributed by atoms with Crippen molar-refractivity contribution < 1.29 is 9.59 Å². The fraction of sp³-hybridized carbons (Fsp3) is 0.308. The number of halogens is 1. The summed E-state index contributed by atoms with van der Waals surface area (Å²) in [6, 6.07) is 6.51. The van der Waals surface area contributed by atoms with E-state index in [1.807, 2.05) is 13.8 Å². The Morgan fingerprint density at radius 3 is 2.53 bits per heavy atom. The van der Waals surface area contributed by atoms with Crippen molar-refractivity contribution in [1.82, 2.24) is 10.6 Å². The number of carbonyl (C=O) groups is 2. The maximum Gasteiger partial charge on any atom is 0.257 e. The molecule has 2 rings (SSSR count). The zero-order chi connectivity index (χ0) is 14.0. The molecule has 1 aliphatic rings. The molecule has 0 radical (unpaired) electrons. The fourth-order valence-corrected chi connectivity index (χ4v) is 1.98. The summed E-state index contributed by atoms with van der Waals surface area (Å²) in [4.78, 5) is 27.7. The van der Waals surface area contributed by atoms with E-state index < -0.39 is 6.04 Å². The molecule has 0 spiro atoms. The molecule has 1 aromatic carbocycles. The molecule has 0 unspecified atom stereocenters. The van der Waals surface area contributed by atoms with Crippen LogP contribution in [0.1, 0.15) is 24.2 Å². The molecular weight excluding hydrogens is 310 g/mol. The van der Waals surface area contributed by atoms with Gasteiger partial charge >= 0.3 is 0 Å². The number of benzene rings is 1. The first kappa shape index (κ1) is 13.7. The lowest BCUT2D eigenvalue weighted by Crippen LogP contribution is -2.40. The second kappa shape index (κ2) is 5.52. The fourth-order valence-electron chi connectivity index (χ4n) is 1.72. The summed E-state index contributed by atoms with van der Waals surface area (Å²) in [5.41, 5.74) is 0.508. The largest absolute Gasteiger partial charge is 0.294 e. The number of hydrogen-bond acceptors (Lipinski definition) is 3. The summed E-state index contributed by atoms with van der Waals surface area (Å²) in [7, 11) is 0. The molecule has 0 aliphatic carbocycles. The van der Waals surface area contributed by atoms with E-state index in [1.54, 1.807) is 24.3 Å². The average Bonchev–Trinajstić information content (AvgIpc) is 2.71. The van der Waals surface area contributed by atoms with Gasteiger partial charge in [0.2, 0.25) is 5.96 Å². The Hall–Kier alpha value is -1.69. The van der Waals surface area contributed by atoms with Gasteiger partial charge in [-0.25, -0.2) is 4.99 Å². The third kappa shape index (κ3) is 3.20. The Morgan fingerprint density at radius 1 is 1.37 bits per heavy atom. The molecule has 19 heavy (non-hydrogen) atoms. The first-order valence-corrected chi connectivity index (χ1v) is 6.72. The van der Waals surface area contributed by atoms with E-state index >= 15 is 0 Å². The molecule has 0 aromatic heterocycles. The predicted octanol–water partition coefficient (Wildman–Crippen LogP) is 1.69. The van der Waals surface area contributed by atoms with E-state index in [4.69, 9.17) is 0 Å². The van der Waals surface area contributed by atoms with Crippen LogP contribution in [0.4, 0.5) is 0 Å². The maximum atomic E-state index is 11.9. The summed E-state index contributed by atoms with van der Waals surface area (Å²) in [5.74, 6) is -0.157. The molecule has 1 atom stereocenters. The third-order valence-electron chi connectivity index (χ3n) is 2.75. The maximum absolute atomic E-state index is 11.9. The molecule has 0 fully saturated rings. The van der Waals surface area contributed by atoms with Gasteiger partial charge in [-0.05, 0) is 30.2 Å². The molecule has 6 heteroatoms. The molecule has 1 aromatic rings. The van der Waals surface area contributed by atoms with Crippen LogP contribution >= 0.6 is 15.9 Å². The Kier molecular flexibility index (Phi) is 3.99. The van der Waals surface area contributed by atoms with Crippen molar-refractivity contribution in [3.05, 3.63) is 34.3 Å². The molecule has 1 heterocycles. The Bertz CT molecular complexity index is 537. The van der Waals surface area contributed by atoms with Crippen molar-refractivity contribution >= 4 is 33.7 Å². The van der Waals surface area contributed by atoms with Crippen LogP contribution in [-0.2, 0) is 4.79 Å². The number of guanidine groups is 1. The molecule has 2 N–H and O–H groups in total. The normalized spacial score (nSPS) is 18.2. The van der Waals surface area contributed by atoms with Crippen molar-refractivity contribution in [2.75, 3.05) is 0 Å². The van der Waals surface area contributed by atoms with E-state index in [0.717, 1.165) is 4.47 Å². The van der Waals surface area contributed by atoms with Crippen LogP contribution in [0.25, 0.3) is 0 Å². The van der Waals surface area contributed by atoms with Gasteiger partial charge in [-0.3, -0.25) is 20.2 Å². The monoisotopic (exact) mass is 323 g/mol. The smallest absolute Gasteiger partial charge is 0.257 e. The number of hydrogen-bond donors (Lipinski definition) is 2. The third-order valence-corrected chi connectivity index (χ3v) is 3.28. The van der Waals surface area contributed by atoms with Crippen LogP contribution in [-0.4, -0.2) is 23.8 Å². The number of carbonyl (C=O) groups excluding carboxylic acids is 2. The van der Waals surface area contributed by atoms with Gasteiger partial charge in [0.1, 0.15) is 6.04 Å². The lowest BCUT2D eigenvalue weighted by Gasteiger charge is -2.06. The second-order valence-electron chi connectivity index (χ2n) is 4.62. The number of nitrogens with one attached hydrogen (secondary N) is 2. The van der Waals surface area contributed by atoms with Crippen LogP contribution in [0.2, 0.25) is 0 Å². The van der Waals surface area contributed by atoms with Gasteiger partial charge in [0.15, 0.2) is 0 Å². The molecule has 5 nitrogen and oxygen atoms in total. The number of rotatable bonds is 2. The van der Waals surface area contributed by atoms with Gasteiger partial charge < -0.3 is 0 Å². The van der Waals surface area contributed by atoms with Crippen molar-refractivity contribution in [3.8, 4) is 0 Å². The lowest BCUT2D eigenvalue weighted by molar-refractivity contribution is -0.120. The van der Waals surface area contributed by atoms with Crippen molar-refractivity contribution in [2.24, 2.45) is 10.9 Å². The highest BCUT2D eigenvalue weighted by atomic mass is 79.9. The minimum Gasteiger partial charge on any atom is -0.294 e. The summed E-state index contributed by atoms with van der Waals surface area (Å²) in [6.45, 7) is 3.82. The first-order valence-electron chi connectivity index (χ1n) is 5.93. The summed E-state index contributed by atoms with van der Waals surface area (Å²) in [6.07, 6.45) is 0. The van der Waals surface area contributed by atoms with Crippen molar-refractivity contribution in [3.63, 3.8) is 0 Å². The summed E-state index contributed by atoms with van der Waals surface area (Å²) in [5, 5.41) is 5.16. The number of aliphatic imine (C=N–C) groups is 1. The minimum atomic E-state index is -0.430. The highest BCUT2D eigenvalue weighted by molar-refractivity contribution is 9.10. The molecule has 0 bridgehead atoms. The van der Waals surface area contributed by atoms with Crippen LogP contribution in [0.15, 0.2) is 33.7 Å². The van der Waals surface area contributed by atoms with E-state index in [1.165, 1.54) is 0 Å². The van der Waals surface area contributed by atoms with Crippen LogP contribution in [0.3, 0.4) is 0 Å². The minimum absolute atomic E-state index is 0.0992. The first-order chi connectivity index (χ1) is 8.97. The predicted molar refractivity (Wildman–Crippen MR) is 75.8 cm³/mol. The second-order valence-corrected chi connectivity index (χ2v) is 5.53.